The van der Waals surface area contributed by atoms with Gasteiger partial charge < -0.3 is 4.74 Å². The molecule has 0 fully saturated rings. The highest BCUT2D eigenvalue weighted by molar-refractivity contribution is 7.91. The van der Waals surface area contributed by atoms with Crippen molar-refractivity contribution in [2.75, 3.05) is 27.0 Å². The summed E-state index contributed by atoms with van der Waals surface area (Å²) in [6.07, 6.45) is 3.30. The molecule has 0 aliphatic carbocycles. The maximum absolute atomic E-state index is 13.8. The van der Waals surface area contributed by atoms with Crippen molar-refractivity contribution in [3.8, 4) is 5.75 Å². The lowest BCUT2D eigenvalue weighted by molar-refractivity contribution is -0.0758. The molecular formula is C25H34N2O5S. The Morgan fingerprint density at radius 1 is 1.18 bits per heavy atom. The van der Waals surface area contributed by atoms with E-state index in [0.717, 1.165) is 29.9 Å². The largest absolute Gasteiger partial charge is 0.496 e. The van der Waals surface area contributed by atoms with Crippen LogP contribution in [0.1, 0.15) is 67.1 Å². The Morgan fingerprint density at radius 2 is 1.88 bits per heavy atom. The Labute approximate surface area is 197 Å². The number of fused-ring (bicyclic) bond motifs is 1. The van der Waals surface area contributed by atoms with Gasteiger partial charge in [-0.05, 0) is 36.1 Å². The van der Waals surface area contributed by atoms with Crippen molar-refractivity contribution in [3.05, 3.63) is 59.2 Å². The van der Waals surface area contributed by atoms with E-state index in [9.17, 15) is 13.2 Å². The zero-order valence-electron chi connectivity index (χ0n) is 20.1. The van der Waals surface area contributed by atoms with Crippen molar-refractivity contribution in [1.82, 2.24) is 10.4 Å². The van der Waals surface area contributed by atoms with E-state index < -0.39 is 21.3 Å². The molecule has 7 nitrogen and oxygen atoms in total. The van der Waals surface area contributed by atoms with Crippen molar-refractivity contribution in [3.63, 3.8) is 0 Å². The lowest BCUT2D eigenvalue weighted by Gasteiger charge is -2.36. The number of carbonyl (C=O) groups excluding carboxylic acids is 1. The summed E-state index contributed by atoms with van der Waals surface area (Å²) in [4.78, 5) is 18.1. The summed E-state index contributed by atoms with van der Waals surface area (Å²) >= 11 is 0. The van der Waals surface area contributed by atoms with Crippen LogP contribution < -0.4 is 10.1 Å². The molecule has 1 amide bonds. The van der Waals surface area contributed by atoms with Crippen LogP contribution in [0.4, 0.5) is 0 Å². The third-order valence-corrected chi connectivity index (χ3v) is 8.46. The van der Waals surface area contributed by atoms with Gasteiger partial charge in [-0.1, -0.05) is 57.0 Å². The van der Waals surface area contributed by atoms with Crippen LogP contribution in [0.5, 0.6) is 5.75 Å². The molecule has 3 rings (SSSR count). The molecule has 0 radical (unpaired) electrons. The Kier molecular flexibility index (Phi) is 7.82. The van der Waals surface area contributed by atoms with Crippen LogP contribution in [-0.2, 0) is 14.7 Å². The minimum Gasteiger partial charge on any atom is -0.496 e. The molecule has 0 saturated heterocycles. The first-order chi connectivity index (χ1) is 15.7. The number of nitrogens with zero attached hydrogens (tertiary/aromatic N) is 1. The van der Waals surface area contributed by atoms with E-state index in [2.05, 4.69) is 12.2 Å². The zero-order chi connectivity index (χ0) is 24.2. The molecule has 2 aromatic rings. The molecule has 8 heteroatoms. The molecule has 1 heterocycles. The number of rotatable bonds is 8. The number of carbonyl (C=O) groups is 1. The number of hydroxylamine groups is 2. The van der Waals surface area contributed by atoms with E-state index >= 15 is 0 Å². The minimum absolute atomic E-state index is 0.0348. The summed E-state index contributed by atoms with van der Waals surface area (Å²) in [5, 5.41) is 4.77. The number of amides is 1. The van der Waals surface area contributed by atoms with Gasteiger partial charge in [0.2, 0.25) is 0 Å². The Balaban J connectivity index is 2.29. The van der Waals surface area contributed by atoms with Gasteiger partial charge in [-0.25, -0.2) is 13.5 Å². The van der Waals surface area contributed by atoms with Crippen molar-refractivity contribution >= 4 is 15.7 Å². The summed E-state index contributed by atoms with van der Waals surface area (Å²) in [5.74, 6) is -0.209. The van der Waals surface area contributed by atoms with E-state index in [4.69, 9.17) is 9.57 Å². The Bertz CT molecular complexity index is 1090. The quantitative estimate of drug-likeness (QED) is 0.579. The molecule has 33 heavy (non-hydrogen) atoms. The lowest BCUT2D eigenvalue weighted by Crippen LogP contribution is -2.50. The van der Waals surface area contributed by atoms with Gasteiger partial charge in [0.1, 0.15) is 5.75 Å². The molecule has 0 aromatic heterocycles. The molecule has 0 saturated carbocycles. The SMILES string of the molecule is CCCCC1(CC)CS(=O)(=O)c2cc(C(=O)N(C)OC)c(OC)cc2C(c2ccccc2)N1. The average Bonchev–Trinajstić information content (AvgIpc) is 2.93. The van der Waals surface area contributed by atoms with Gasteiger partial charge in [-0.2, -0.15) is 0 Å². The second-order valence-electron chi connectivity index (χ2n) is 8.56. The van der Waals surface area contributed by atoms with Crippen molar-refractivity contribution in [2.45, 2.75) is 56.0 Å². The predicted molar refractivity (Wildman–Crippen MR) is 128 cm³/mol. The number of unbranched alkanes of at least 4 members (excludes halogenated alkanes) is 1. The fourth-order valence-corrected chi connectivity index (χ4v) is 6.62. The van der Waals surface area contributed by atoms with Crippen LogP contribution in [0.2, 0.25) is 0 Å². The van der Waals surface area contributed by atoms with Gasteiger partial charge in [-0.15, -0.1) is 0 Å². The first kappa shape index (κ1) is 25.2. The Hall–Kier alpha value is -2.42. The van der Waals surface area contributed by atoms with Gasteiger partial charge in [0.25, 0.3) is 5.91 Å². The summed E-state index contributed by atoms with van der Waals surface area (Å²) in [6.45, 7) is 4.13. The molecule has 2 atom stereocenters. The van der Waals surface area contributed by atoms with Gasteiger partial charge >= 0.3 is 0 Å². The normalized spacial score (nSPS) is 21.7. The molecule has 1 aliphatic heterocycles. The molecule has 180 valence electrons. The number of methoxy groups -OCH3 is 1. The van der Waals surface area contributed by atoms with Crippen LogP contribution in [-0.4, -0.2) is 51.9 Å². The summed E-state index contributed by atoms with van der Waals surface area (Å²) in [6, 6.07) is 12.6. The number of benzene rings is 2. The highest BCUT2D eigenvalue weighted by atomic mass is 32.2. The number of nitrogens with one attached hydrogen (secondary N) is 1. The van der Waals surface area contributed by atoms with E-state index in [1.54, 1.807) is 6.07 Å². The minimum atomic E-state index is -3.71. The van der Waals surface area contributed by atoms with Crippen LogP contribution in [0, 0.1) is 0 Å². The second kappa shape index (κ2) is 10.2. The standard InChI is InChI=1S/C25H34N2O5S/c1-6-8-14-25(7-2)17-33(29,30)22-16-19(24(28)27(3)32-5)21(31-4)15-20(22)23(26-25)18-12-10-9-11-13-18/h9-13,15-16,23,26H,6-8,14,17H2,1-5H3. The summed E-state index contributed by atoms with van der Waals surface area (Å²) in [5.41, 5.74) is 1.10. The topological polar surface area (TPSA) is 84.9 Å². The zero-order valence-corrected chi connectivity index (χ0v) is 20.9. The third-order valence-electron chi connectivity index (χ3n) is 6.50. The van der Waals surface area contributed by atoms with Gasteiger partial charge in [-0.3, -0.25) is 14.9 Å². The molecule has 2 unspecified atom stereocenters. The molecule has 0 bridgehead atoms. The molecule has 1 aliphatic rings. The average molecular weight is 475 g/mol. The van der Waals surface area contributed by atoms with E-state index in [1.807, 2.05) is 37.3 Å². The summed E-state index contributed by atoms with van der Waals surface area (Å²) < 4.78 is 33.1. The third kappa shape index (κ3) is 5.08. The van der Waals surface area contributed by atoms with Gasteiger partial charge in [0, 0.05) is 12.6 Å². The van der Waals surface area contributed by atoms with E-state index in [-0.39, 0.29) is 22.3 Å². The number of ether oxygens (including phenoxy) is 1. The van der Waals surface area contributed by atoms with Crippen LogP contribution >= 0.6 is 0 Å². The van der Waals surface area contributed by atoms with Crippen molar-refractivity contribution < 1.29 is 22.8 Å². The Morgan fingerprint density at radius 3 is 2.45 bits per heavy atom. The maximum atomic E-state index is 13.8. The van der Waals surface area contributed by atoms with E-state index in [1.165, 1.54) is 27.3 Å². The highest BCUT2D eigenvalue weighted by Gasteiger charge is 2.42. The number of hydrogen-bond donors (Lipinski definition) is 1. The molecule has 1 N–H and O–H groups in total. The smallest absolute Gasteiger partial charge is 0.280 e. The predicted octanol–water partition coefficient (Wildman–Crippen LogP) is 4.13. The molecule has 2 aromatic carbocycles. The monoisotopic (exact) mass is 474 g/mol. The number of sulfone groups is 1. The van der Waals surface area contributed by atoms with Crippen molar-refractivity contribution in [2.24, 2.45) is 0 Å². The maximum Gasteiger partial charge on any atom is 0.280 e. The van der Waals surface area contributed by atoms with Crippen LogP contribution in [0.3, 0.4) is 0 Å². The van der Waals surface area contributed by atoms with Crippen LogP contribution in [0.25, 0.3) is 0 Å². The second-order valence-corrected chi connectivity index (χ2v) is 10.5. The van der Waals surface area contributed by atoms with Crippen molar-refractivity contribution in [1.29, 1.82) is 0 Å². The fraction of sp³-hybridized carbons (Fsp3) is 0.480. The highest BCUT2D eigenvalue weighted by Crippen LogP contribution is 2.41. The molecular weight excluding hydrogens is 440 g/mol. The fourth-order valence-electron chi connectivity index (χ4n) is 4.48. The lowest BCUT2D eigenvalue weighted by atomic mass is 9.88. The first-order valence-electron chi connectivity index (χ1n) is 11.3. The van der Waals surface area contributed by atoms with E-state index in [0.29, 0.717) is 17.7 Å². The summed E-state index contributed by atoms with van der Waals surface area (Å²) in [7, 11) is 0.612. The van der Waals surface area contributed by atoms with Gasteiger partial charge in [0.05, 0.1) is 36.5 Å². The first-order valence-corrected chi connectivity index (χ1v) is 13.0. The molecule has 0 spiro atoms. The number of hydrogen-bond acceptors (Lipinski definition) is 6. The van der Waals surface area contributed by atoms with Gasteiger partial charge in [0.15, 0.2) is 9.84 Å². The van der Waals surface area contributed by atoms with Crippen LogP contribution in [0.15, 0.2) is 47.4 Å².